The van der Waals surface area contributed by atoms with Crippen LogP contribution >= 0.6 is 0 Å². The number of hydrogen-bond acceptors (Lipinski definition) is 3. The zero-order chi connectivity index (χ0) is 15.3. The third-order valence-corrected chi connectivity index (χ3v) is 5.20. The van der Waals surface area contributed by atoms with Crippen molar-refractivity contribution in [2.75, 3.05) is 13.1 Å². The second-order valence-electron chi connectivity index (χ2n) is 6.84. The first-order valence-corrected chi connectivity index (χ1v) is 8.35. The van der Waals surface area contributed by atoms with E-state index in [2.05, 4.69) is 17.6 Å². The Hall–Kier alpha value is -1.10. The van der Waals surface area contributed by atoms with E-state index in [1.807, 2.05) is 0 Å². The van der Waals surface area contributed by atoms with Gasteiger partial charge in [0.25, 0.3) is 0 Å². The Morgan fingerprint density at radius 2 is 2.00 bits per heavy atom. The van der Waals surface area contributed by atoms with Crippen LogP contribution in [0, 0.1) is 11.8 Å². The molecule has 2 unspecified atom stereocenters. The van der Waals surface area contributed by atoms with Crippen molar-refractivity contribution in [3.8, 4) is 0 Å². The standard InChI is InChI=1S/C16H29N3O2/c1-12(13-6-5-9-18-11-13)10-14(20)19-16(15(17)21)7-3-2-4-8-16/h12-13,18H,2-11H2,1H3,(H2,17,21)(H,19,20). The summed E-state index contributed by atoms with van der Waals surface area (Å²) in [4.78, 5) is 24.1. The maximum atomic E-state index is 12.3. The van der Waals surface area contributed by atoms with Gasteiger partial charge in [0.2, 0.25) is 11.8 Å². The van der Waals surface area contributed by atoms with Crippen molar-refractivity contribution in [1.29, 1.82) is 0 Å². The molecular formula is C16H29N3O2. The normalized spacial score (nSPS) is 26.8. The van der Waals surface area contributed by atoms with Gasteiger partial charge in [-0.15, -0.1) is 0 Å². The minimum absolute atomic E-state index is 0.0197. The largest absolute Gasteiger partial charge is 0.368 e. The SMILES string of the molecule is CC(CC(=O)NC1(C(N)=O)CCCCC1)C1CCCNC1. The van der Waals surface area contributed by atoms with Crippen LogP contribution in [0.5, 0.6) is 0 Å². The van der Waals surface area contributed by atoms with Crippen molar-refractivity contribution in [3.05, 3.63) is 0 Å². The second kappa shape index (κ2) is 7.25. The van der Waals surface area contributed by atoms with E-state index >= 15 is 0 Å². The van der Waals surface area contributed by atoms with Crippen LogP contribution in [0.4, 0.5) is 0 Å². The molecule has 5 heteroatoms. The number of nitrogens with one attached hydrogen (secondary N) is 2. The fourth-order valence-electron chi connectivity index (χ4n) is 3.73. The van der Waals surface area contributed by atoms with Gasteiger partial charge >= 0.3 is 0 Å². The zero-order valence-electron chi connectivity index (χ0n) is 13.1. The van der Waals surface area contributed by atoms with Crippen LogP contribution in [0.2, 0.25) is 0 Å². The molecule has 0 aromatic rings. The molecular weight excluding hydrogens is 266 g/mol. The third kappa shape index (κ3) is 4.19. The lowest BCUT2D eigenvalue weighted by Crippen LogP contribution is -2.58. The minimum atomic E-state index is -0.792. The number of carbonyl (C=O) groups excluding carboxylic acids is 2. The van der Waals surface area contributed by atoms with Gasteiger partial charge in [0.1, 0.15) is 5.54 Å². The van der Waals surface area contributed by atoms with Gasteiger partial charge in [-0.3, -0.25) is 9.59 Å². The van der Waals surface area contributed by atoms with Crippen LogP contribution in [0.3, 0.4) is 0 Å². The zero-order valence-corrected chi connectivity index (χ0v) is 13.1. The lowest BCUT2D eigenvalue weighted by molar-refractivity contribution is -0.133. The molecule has 0 aromatic heterocycles. The van der Waals surface area contributed by atoms with Crippen molar-refractivity contribution in [2.45, 2.75) is 63.8 Å². The van der Waals surface area contributed by atoms with Crippen LogP contribution < -0.4 is 16.4 Å². The molecule has 0 radical (unpaired) electrons. The lowest BCUT2D eigenvalue weighted by atomic mass is 9.80. The van der Waals surface area contributed by atoms with Crippen molar-refractivity contribution in [3.63, 3.8) is 0 Å². The van der Waals surface area contributed by atoms with Gasteiger partial charge in [-0.25, -0.2) is 0 Å². The average molecular weight is 295 g/mol. The topological polar surface area (TPSA) is 84.2 Å². The van der Waals surface area contributed by atoms with Crippen molar-refractivity contribution >= 4 is 11.8 Å². The van der Waals surface area contributed by atoms with Crippen LogP contribution in [0.25, 0.3) is 0 Å². The van der Waals surface area contributed by atoms with Crippen molar-refractivity contribution < 1.29 is 9.59 Å². The maximum absolute atomic E-state index is 12.3. The number of primary amides is 1. The quantitative estimate of drug-likeness (QED) is 0.715. The summed E-state index contributed by atoms with van der Waals surface area (Å²) in [6, 6.07) is 0. The third-order valence-electron chi connectivity index (χ3n) is 5.20. The first-order chi connectivity index (χ1) is 10.0. The van der Waals surface area contributed by atoms with E-state index in [1.54, 1.807) is 0 Å². The van der Waals surface area contributed by atoms with E-state index in [4.69, 9.17) is 5.73 Å². The summed E-state index contributed by atoms with van der Waals surface area (Å²) in [5, 5.41) is 6.36. The summed E-state index contributed by atoms with van der Waals surface area (Å²) in [5.74, 6) is 0.503. The average Bonchev–Trinajstić information content (AvgIpc) is 2.48. The van der Waals surface area contributed by atoms with Gasteiger partial charge in [0.15, 0.2) is 0 Å². The maximum Gasteiger partial charge on any atom is 0.243 e. The summed E-state index contributed by atoms with van der Waals surface area (Å²) < 4.78 is 0. The van der Waals surface area contributed by atoms with Gasteiger partial charge in [0.05, 0.1) is 0 Å². The highest BCUT2D eigenvalue weighted by Crippen LogP contribution is 2.29. The number of rotatable bonds is 5. The summed E-state index contributed by atoms with van der Waals surface area (Å²) in [6.07, 6.45) is 7.28. The Morgan fingerprint density at radius 1 is 1.29 bits per heavy atom. The number of hydrogen-bond donors (Lipinski definition) is 3. The monoisotopic (exact) mass is 295 g/mol. The summed E-state index contributed by atoms with van der Waals surface area (Å²) in [5.41, 5.74) is 4.77. The Morgan fingerprint density at radius 3 is 2.57 bits per heavy atom. The van der Waals surface area contributed by atoms with Crippen molar-refractivity contribution in [1.82, 2.24) is 10.6 Å². The molecule has 21 heavy (non-hydrogen) atoms. The van der Waals surface area contributed by atoms with Crippen LogP contribution in [0.1, 0.15) is 58.3 Å². The summed E-state index contributed by atoms with van der Waals surface area (Å²) in [6.45, 7) is 4.21. The molecule has 2 rings (SSSR count). The van der Waals surface area contributed by atoms with E-state index < -0.39 is 5.54 Å². The molecule has 1 saturated heterocycles. The molecule has 0 aromatic carbocycles. The van der Waals surface area contributed by atoms with Gasteiger partial charge < -0.3 is 16.4 Å². The highest BCUT2D eigenvalue weighted by molar-refractivity contribution is 5.90. The summed E-state index contributed by atoms with van der Waals surface area (Å²) in [7, 11) is 0. The molecule has 1 saturated carbocycles. The molecule has 2 atom stereocenters. The van der Waals surface area contributed by atoms with Gasteiger partial charge in [-0.1, -0.05) is 26.2 Å². The summed E-state index contributed by atoms with van der Waals surface area (Å²) >= 11 is 0. The van der Waals surface area contributed by atoms with Gasteiger partial charge in [0, 0.05) is 6.42 Å². The lowest BCUT2D eigenvalue weighted by Gasteiger charge is -2.36. The molecule has 4 N–H and O–H groups in total. The molecule has 5 nitrogen and oxygen atoms in total. The van der Waals surface area contributed by atoms with E-state index in [1.165, 1.54) is 12.8 Å². The molecule has 1 aliphatic carbocycles. The highest BCUT2D eigenvalue weighted by atomic mass is 16.2. The Balaban J connectivity index is 1.88. The van der Waals surface area contributed by atoms with E-state index in [9.17, 15) is 9.59 Å². The Labute approximate surface area is 127 Å². The van der Waals surface area contributed by atoms with Crippen LogP contribution in [0.15, 0.2) is 0 Å². The van der Waals surface area contributed by atoms with Gasteiger partial charge in [-0.2, -0.15) is 0 Å². The molecule has 2 aliphatic rings. The van der Waals surface area contributed by atoms with E-state index in [0.717, 1.165) is 32.4 Å². The van der Waals surface area contributed by atoms with Crippen LogP contribution in [-0.4, -0.2) is 30.4 Å². The first-order valence-electron chi connectivity index (χ1n) is 8.35. The number of nitrogens with two attached hydrogens (primary N) is 1. The molecule has 0 bridgehead atoms. The molecule has 0 spiro atoms. The number of amides is 2. The fraction of sp³-hybridized carbons (Fsp3) is 0.875. The smallest absolute Gasteiger partial charge is 0.243 e. The van der Waals surface area contributed by atoms with E-state index in [0.29, 0.717) is 31.1 Å². The van der Waals surface area contributed by atoms with Gasteiger partial charge in [-0.05, 0) is 50.6 Å². The number of carbonyl (C=O) groups is 2. The minimum Gasteiger partial charge on any atom is -0.368 e. The first kappa shape index (κ1) is 16.3. The highest BCUT2D eigenvalue weighted by Gasteiger charge is 2.39. The Kier molecular flexibility index (Phi) is 5.62. The molecule has 120 valence electrons. The Bertz CT molecular complexity index is 372. The fourth-order valence-corrected chi connectivity index (χ4v) is 3.73. The van der Waals surface area contributed by atoms with Crippen LogP contribution in [-0.2, 0) is 9.59 Å². The molecule has 1 heterocycles. The second-order valence-corrected chi connectivity index (χ2v) is 6.84. The number of piperidine rings is 1. The van der Waals surface area contributed by atoms with E-state index in [-0.39, 0.29) is 11.8 Å². The predicted octanol–water partition coefficient (Wildman–Crippen LogP) is 1.32. The molecule has 2 amide bonds. The molecule has 1 aliphatic heterocycles. The molecule has 2 fully saturated rings. The predicted molar refractivity (Wildman–Crippen MR) is 82.5 cm³/mol. The van der Waals surface area contributed by atoms with Crippen molar-refractivity contribution in [2.24, 2.45) is 17.6 Å².